The van der Waals surface area contributed by atoms with Crippen molar-refractivity contribution < 1.29 is 22.7 Å². The summed E-state index contributed by atoms with van der Waals surface area (Å²) in [6, 6.07) is 18.5. The van der Waals surface area contributed by atoms with Crippen LogP contribution in [-0.2, 0) is 26.0 Å². The number of esters is 1. The molecular formula is C27H30N2O5S. The summed E-state index contributed by atoms with van der Waals surface area (Å²) in [5.74, 6) is -0.946. The largest absolute Gasteiger partial charge is 0.462 e. The Morgan fingerprint density at radius 2 is 1.63 bits per heavy atom. The molecule has 0 aromatic heterocycles. The van der Waals surface area contributed by atoms with Crippen LogP contribution in [-0.4, -0.2) is 33.4 Å². The smallest absolute Gasteiger partial charge is 0.338 e. The first kappa shape index (κ1) is 26.0. The number of carbonyl (C=O) groups is 2. The van der Waals surface area contributed by atoms with E-state index in [4.69, 9.17) is 4.74 Å². The molecule has 3 rings (SSSR count). The molecule has 0 spiro atoms. The van der Waals surface area contributed by atoms with E-state index in [1.165, 1.54) is 0 Å². The first-order valence-corrected chi connectivity index (χ1v) is 12.9. The minimum Gasteiger partial charge on any atom is -0.462 e. The first-order valence-electron chi connectivity index (χ1n) is 11.4. The Labute approximate surface area is 206 Å². The second-order valence-electron chi connectivity index (χ2n) is 8.11. The van der Waals surface area contributed by atoms with E-state index in [1.54, 1.807) is 68.4 Å². The maximum absolute atomic E-state index is 13.6. The van der Waals surface area contributed by atoms with Gasteiger partial charge in [-0.3, -0.25) is 9.10 Å². The van der Waals surface area contributed by atoms with Crippen molar-refractivity contribution in [1.29, 1.82) is 0 Å². The maximum Gasteiger partial charge on any atom is 0.338 e. The highest BCUT2D eigenvalue weighted by atomic mass is 32.2. The molecule has 0 fully saturated rings. The van der Waals surface area contributed by atoms with Crippen LogP contribution in [0, 0.1) is 13.8 Å². The Hall–Kier alpha value is -3.65. The number of anilines is 2. The highest BCUT2D eigenvalue weighted by molar-refractivity contribution is 7.92. The summed E-state index contributed by atoms with van der Waals surface area (Å²) >= 11 is 0. The number of amides is 1. The lowest BCUT2D eigenvalue weighted by Gasteiger charge is -2.26. The monoisotopic (exact) mass is 494 g/mol. The van der Waals surface area contributed by atoms with Crippen LogP contribution in [0.5, 0.6) is 0 Å². The predicted octanol–water partition coefficient (Wildman–Crippen LogP) is 4.88. The molecule has 0 heterocycles. The minimum atomic E-state index is -4.01. The summed E-state index contributed by atoms with van der Waals surface area (Å²) in [5.41, 5.74) is 3.73. The van der Waals surface area contributed by atoms with E-state index >= 15 is 0 Å². The number of ether oxygens (including phenoxy) is 1. The molecule has 0 saturated heterocycles. The van der Waals surface area contributed by atoms with Gasteiger partial charge in [-0.15, -0.1) is 0 Å². The number of para-hydroxylation sites is 1. The van der Waals surface area contributed by atoms with Gasteiger partial charge in [-0.1, -0.05) is 42.8 Å². The molecule has 3 aromatic carbocycles. The molecule has 1 amide bonds. The van der Waals surface area contributed by atoms with E-state index in [1.807, 2.05) is 26.0 Å². The molecule has 8 heteroatoms. The first-order chi connectivity index (χ1) is 16.7. The van der Waals surface area contributed by atoms with E-state index in [-0.39, 0.29) is 11.5 Å². The second kappa shape index (κ2) is 11.2. The highest BCUT2D eigenvalue weighted by Gasteiger charge is 2.28. The van der Waals surface area contributed by atoms with Gasteiger partial charge >= 0.3 is 5.97 Å². The average molecular weight is 495 g/mol. The number of hydrogen-bond acceptors (Lipinski definition) is 5. The summed E-state index contributed by atoms with van der Waals surface area (Å²) in [7, 11) is -4.01. The van der Waals surface area contributed by atoms with Crippen molar-refractivity contribution >= 4 is 33.3 Å². The third-order valence-electron chi connectivity index (χ3n) is 5.55. The van der Waals surface area contributed by atoms with Gasteiger partial charge in [0, 0.05) is 5.69 Å². The number of benzene rings is 3. The molecule has 0 radical (unpaired) electrons. The van der Waals surface area contributed by atoms with Crippen LogP contribution in [0.2, 0.25) is 0 Å². The molecule has 3 aromatic rings. The van der Waals surface area contributed by atoms with Crippen LogP contribution in [0.1, 0.15) is 40.9 Å². The fourth-order valence-corrected chi connectivity index (χ4v) is 5.11. The molecule has 7 nitrogen and oxygen atoms in total. The zero-order valence-corrected chi connectivity index (χ0v) is 21.2. The Morgan fingerprint density at radius 3 is 2.26 bits per heavy atom. The number of nitrogens with zero attached hydrogens (tertiary/aromatic N) is 1. The zero-order valence-electron chi connectivity index (χ0n) is 20.4. The molecule has 0 unspecified atom stereocenters. The number of nitrogens with one attached hydrogen (secondary N) is 1. The lowest BCUT2D eigenvalue weighted by Crippen LogP contribution is -2.38. The molecule has 0 saturated carbocycles. The summed E-state index contributed by atoms with van der Waals surface area (Å²) < 4.78 is 33.4. The van der Waals surface area contributed by atoms with Gasteiger partial charge in [-0.25, -0.2) is 13.2 Å². The van der Waals surface area contributed by atoms with Gasteiger partial charge in [0.05, 0.1) is 22.8 Å². The summed E-state index contributed by atoms with van der Waals surface area (Å²) in [5, 5.41) is 2.78. The third kappa shape index (κ3) is 6.08. The molecule has 0 aliphatic carbocycles. The number of aryl methyl sites for hydroxylation is 3. The molecule has 35 heavy (non-hydrogen) atoms. The molecule has 1 N–H and O–H groups in total. The normalized spacial score (nSPS) is 11.1. The lowest BCUT2D eigenvalue weighted by atomic mass is 10.1. The van der Waals surface area contributed by atoms with E-state index in [0.29, 0.717) is 28.9 Å². The Bertz CT molecular complexity index is 1320. The van der Waals surface area contributed by atoms with Crippen LogP contribution in [0.25, 0.3) is 0 Å². The van der Waals surface area contributed by atoms with E-state index in [9.17, 15) is 18.0 Å². The summed E-state index contributed by atoms with van der Waals surface area (Å²) in [4.78, 5) is 25.2. The van der Waals surface area contributed by atoms with Crippen LogP contribution < -0.4 is 9.62 Å². The van der Waals surface area contributed by atoms with Crippen molar-refractivity contribution in [2.75, 3.05) is 22.8 Å². The Balaban J connectivity index is 1.93. The highest BCUT2D eigenvalue weighted by Crippen LogP contribution is 2.28. The van der Waals surface area contributed by atoms with Gasteiger partial charge < -0.3 is 10.1 Å². The zero-order chi connectivity index (χ0) is 25.6. The van der Waals surface area contributed by atoms with Crippen LogP contribution in [0.3, 0.4) is 0 Å². The van der Waals surface area contributed by atoms with Crippen LogP contribution in [0.15, 0.2) is 71.6 Å². The van der Waals surface area contributed by atoms with Gasteiger partial charge in [0.15, 0.2) is 0 Å². The van der Waals surface area contributed by atoms with Gasteiger partial charge in [0.1, 0.15) is 6.54 Å². The maximum atomic E-state index is 13.6. The van der Waals surface area contributed by atoms with Gasteiger partial charge in [-0.2, -0.15) is 0 Å². The summed E-state index contributed by atoms with van der Waals surface area (Å²) in [6.45, 7) is 7.15. The van der Waals surface area contributed by atoms with E-state index < -0.39 is 28.4 Å². The minimum absolute atomic E-state index is 0.108. The topological polar surface area (TPSA) is 92.8 Å². The van der Waals surface area contributed by atoms with Crippen LogP contribution >= 0.6 is 0 Å². The van der Waals surface area contributed by atoms with Crippen molar-refractivity contribution in [3.05, 3.63) is 89.0 Å². The van der Waals surface area contributed by atoms with Crippen molar-refractivity contribution in [2.45, 2.75) is 39.0 Å². The number of sulfonamides is 1. The molecule has 184 valence electrons. The van der Waals surface area contributed by atoms with E-state index in [2.05, 4.69) is 5.32 Å². The van der Waals surface area contributed by atoms with Crippen molar-refractivity contribution in [2.24, 2.45) is 0 Å². The van der Waals surface area contributed by atoms with Crippen LogP contribution in [0.4, 0.5) is 11.4 Å². The van der Waals surface area contributed by atoms with Crippen molar-refractivity contribution in [3.63, 3.8) is 0 Å². The predicted molar refractivity (Wildman–Crippen MR) is 137 cm³/mol. The molecule has 0 aliphatic heterocycles. The van der Waals surface area contributed by atoms with Crippen molar-refractivity contribution in [1.82, 2.24) is 0 Å². The van der Waals surface area contributed by atoms with Gasteiger partial charge in [0.2, 0.25) is 5.91 Å². The molecular weight excluding hydrogens is 464 g/mol. The van der Waals surface area contributed by atoms with Gasteiger partial charge in [0.25, 0.3) is 10.0 Å². The number of hydrogen-bond donors (Lipinski definition) is 1. The third-order valence-corrected chi connectivity index (χ3v) is 7.32. The Morgan fingerprint density at radius 1 is 0.943 bits per heavy atom. The SMILES string of the molecule is CCOC(=O)c1ccc(NC(=O)CN(c2ccccc2CC)S(=O)(=O)c2ccc(C)cc2)c(C)c1. The number of carbonyl (C=O) groups excluding carboxylic acids is 2. The Kier molecular flexibility index (Phi) is 8.30. The standard InChI is InChI=1S/C27H30N2O5S/c1-5-21-9-7-8-10-25(21)29(35(32,33)23-14-11-19(3)12-15-23)18-26(30)28-24-16-13-22(17-20(24)4)27(31)34-6-2/h7-17H,5-6,18H2,1-4H3,(H,28,30). The molecule has 0 aliphatic rings. The fraction of sp³-hybridized carbons (Fsp3) is 0.259. The summed E-state index contributed by atoms with van der Waals surface area (Å²) in [6.07, 6.45) is 0.603. The second-order valence-corrected chi connectivity index (χ2v) is 9.97. The fourth-order valence-electron chi connectivity index (χ4n) is 3.66. The quantitative estimate of drug-likeness (QED) is 0.428. The average Bonchev–Trinajstić information content (AvgIpc) is 2.84. The molecule has 0 bridgehead atoms. The van der Waals surface area contributed by atoms with Crippen molar-refractivity contribution in [3.8, 4) is 0 Å². The number of rotatable bonds is 9. The molecule has 0 atom stereocenters. The lowest BCUT2D eigenvalue weighted by molar-refractivity contribution is -0.114. The van der Waals surface area contributed by atoms with Gasteiger partial charge in [-0.05, 0) is 74.7 Å². The van der Waals surface area contributed by atoms with E-state index in [0.717, 1.165) is 15.4 Å².